The van der Waals surface area contributed by atoms with Gasteiger partial charge in [-0.05, 0) is 49.9 Å². The first-order valence-electron chi connectivity index (χ1n) is 7.77. The van der Waals surface area contributed by atoms with E-state index in [0.717, 1.165) is 25.3 Å². The minimum atomic E-state index is 0.305. The monoisotopic (exact) mass is 250 g/mol. The van der Waals surface area contributed by atoms with Crippen molar-refractivity contribution in [2.24, 2.45) is 29.4 Å². The Bertz CT molecular complexity index is 318. The van der Waals surface area contributed by atoms with E-state index in [2.05, 4.69) is 5.32 Å². The smallest absolute Gasteiger partial charge is 0.223 e. The zero-order valence-electron chi connectivity index (χ0n) is 11.2. The minimum absolute atomic E-state index is 0.305. The van der Waals surface area contributed by atoms with Crippen LogP contribution in [0.5, 0.6) is 0 Å². The maximum Gasteiger partial charge on any atom is 0.223 e. The van der Waals surface area contributed by atoms with E-state index in [1.807, 2.05) is 0 Å². The molecule has 3 fully saturated rings. The zero-order valence-corrected chi connectivity index (χ0v) is 11.2. The highest BCUT2D eigenvalue weighted by Crippen LogP contribution is 2.48. The van der Waals surface area contributed by atoms with Crippen LogP contribution in [0.1, 0.15) is 51.4 Å². The fraction of sp³-hybridized carbons (Fsp3) is 0.933. The summed E-state index contributed by atoms with van der Waals surface area (Å²) < 4.78 is 0. The summed E-state index contributed by atoms with van der Waals surface area (Å²) in [6.45, 7) is 0.813. The number of carbonyl (C=O) groups is 1. The van der Waals surface area contributed by atoms with Crippen LogP contribution in [0.3, 0.4) is 0 Å². The van der Waals surface area contributed by atoms with Crippen molar-refractivity contribution >= 4 is 5.91 Å². The molecular weight excluding hydrogens is 224 g/mol. The molecule has 5 unspecified atom stereocenters. The molecule has 0 aromatic carbocycles. The number of nitrogens with one attached hydrogen (secondary N) is 1. The van der Waals surface area contributed by atoms with Crippen molar-refractivity contribution in [2.45, 2.75) is 57.4 Å². The lowest BCUT2D eigenvalue weighted by molar-refractivity contribution is -0.126. The molecule has 3 rings (SSSR count). The van der Waals surface area contributed by atoms with E-state index in [-0.39, 0.29) is 0 Å². The molecule has 102 valence electrons. The molecule has 3 nitrogen and oxygen atoms in total. The predicted molar refractivity (Wildman–Crippen MR) is 71.9 cm³/mol. The summed E-state index contributed by atoms with van der Waals surface area (Å²) in [4.78, 5) is 12.2. The fourth-order valence-electron chi connectivity index (χ4n) is 4.42. The molecule has 0 saturated heterocycles. The quantitative estimate of drug-likeness (QED) is 0.805. The topological polar surface area (TPSA) is 55.1 Å². The third kappa shape index (κ3) is 2.42. The number of fused-ring (bicyclic) bond motifs is 2. The third-order valence-electron chi connectivity index (χ3n) is 5.58. The van der Waals surface area contributed by atoms with E-state index in [4.69, 9.17) is 5.73 Å². The molecule has 2 bridgehead atoms. The molecular formula is C15H26N2O. The summed E-state index contributed by atoms with van der Waals surface area (Å²) in [5, 5.41) is 3.19. The van der Waals surface area contributed by atoms with Gasteiger partial charge in [0, 0.05) is 18.5 Å². The van der Waals surface area contributed by atoms with E-state index in [1.165, 1.54) is 38.5 Å². The molecule has 0 spiro atoms. The first-order chi connectivity index (χ1) is 8.74. The molecule has 0 aromatic heterocycles. The van der Waals surface area contributed by atoms with Gasteiger partial charge in [-0.1, -0.05) is 19.3 Å². The van der Waals surface area contributed by atoms with Gasteiger partial charge in [-0.2, -0.15) is 0 Å². The highest BCUT2D eigenvalue weighted by molar-refractivity contribution is 5.79. The second-order valence-electron chi connectivity index (χ2n) is 6.73. The Labute approximate surface area is 110 Å². The van der Waals surface area contributed by atoms with Gasteiger partial charge in [-0.3, -0.25) is 4.79 Å². The molecule has 0 radical (unpaired) electrons. The minimum Gasteiger partial charge on any atom is -0.356 e. The van der Waals surface area contributed by atoms with E-state index in [1.54, 1.807) is 0 Å². The first kappa shape index (κ1) is 12.5. The summed E-state index contributed by atoms with van der Waals surface area (Å²) in [5.41, 5.74) is 6.13. The van der Waals surface area contributed by atoms with Crippen molar-refractivity contribution in [1.29, 1.82) is 0 Å². The molecule has 3 aliphatic carbocycles. The van der Waals surface area contributed by atoms with Crippen molar-refractivity contribution in [3.63, 3.8) is 0 Å². The van der Waals surface area contributed by atoms with E-state index in [0.29, 0.717) is 29.7 Å². The summed E-state index contributed by atoms with van der Waals surface area (Å²) in [6.07, 6.45) is 9.97. The van der Waals surface area contributed by atoms with Gasteiger partial charge < -0.3 is 11.1 Å². The maximum absolute atomic E-state index is 12.2. The van der Waals surface area contributed by atoms with Gasteiger partial charge in [0.2, 0.25) is 5.91 Å². The molecule has 3 saturated carbocycles. The molecule has 5 atom stereocenters. The van der Waals surface area contributed by atoms with Gasteiger partial charge in [0.05, 0.1) is 0 Å². The Morgan fingerprint density at radius 1 is 1.11 bits per heavy atom. The van der Waals surface area contributed by atoms with Crippen LogP contribution in [0, 0.1) is 23.7 Å². The summed E-state index contributed by atoms with van der Waals surface area (Å²) >= 11 is 0. The number of hydrogen-bond acceptors (Lipinski definition) is 2. The van der Waals surface area contributed by atoms with Gasteiger partial charge in [-0.25, -0.2) is 0 Å². The van der Waals surface area contributed by atoms with Crippen LogP contribution in [0.4, 0.5) is 0 Å². The van der Waals surface area contributed by atoms with E-state index >= 15 is 0 Å². The average molecular weight is 250 g/mol. The van der Waals surface area contributed by atoms with Crippen molar-refractivity contribution < 1.29 is 4.79 Å². The molecule has 3 heteroatoms. The lowest BCUT2D eigenvalue weighted by atomic mass is 9.84. The van der Waals surface area contributed by atoms with Crippen molar-refractivity contribution in [2.75, 3.05) is 6.54 Å². The van der Waals surface area contributed by atoms with Gasteiger partial charge in [0.25, 0.3) is 0 Å². The van der Waals surface area contributed by atoms with Crippen LogP contribution in [0.15, 0.2) is 0 Å². The summed E-state index contributed by atoms with van der Waals surface area (Å²) in [5.74, 6) is 2.70. The number of rotatable bonds is 3. The van der Waals surface area contributed by atoms with Crippen LogP contribution >= 0.6 is 0 Å². The highest BCUT2D eigenvalue weighted by atomic mass is 16.1. The zero-order chi connectivity index (χ0) is 12.5. The first-order valence-corrected chi connectivity index (χ1v) is 7.77. The Balaban J connectivity index is 1.46. The fourth-order valence-corrected chi connectivity index (χ4v) is 4.42. The Hall–Kier alpha value is -0.570. The standard InChI is InChI=1S/C15H26N2O/c16-14-4-2-1-3-12(14)9-17-15(18)13-8-10-5-6-11(13)7-10/h10-14H,1-9,16H2,(H,17,18). The maximum atomic E-state index is 12.2. The Morgan fingerprint density at radius 3 is 2.61 bits per heavy atom. The summed E-state index contributed by atoms with van der Waals surface area (Å²) in [7, 11) is 0. The molecule has 0 aromatic rings. The third-order valence-corrected chi connectivity index (χ3v) is 5.58. The van der Waals surface area contributed by atoms with Crippen molar-refractivity contribution in [3.8, 4) is 0 Å². The molecule has 1 amide bonds. The largest absolute Gasteiger partial charge is 0.356 e. The van der Waals surface area contributed by atoms with Gasteiger partial charge in [-0.15, -0.1) is 0 Å². The number of hydrogen-bond donors (Lipinski definition) is 2. The van der Waals surface area contributed by atoms with Gasteiger partial charge >= 0.3 is 0 Å². The average Bonchev–Trinajstić information content (AvgIpc) is 2.99. The number of nitrogens with two attached hydrogens (primary N) is 1. The predicted octanol–water partition coefficient (Wildman–Crippen LogP) is 2.06. The van der Waals surface area contributed by atoms with Crippen LogP contribution < -0.4 is 11.1 Å². The Kier molecular flexibility index (Phi) is 3.60. The van der Waals surface area contributed by atoms with Crippen molar-refractivity contribution in [1.82, 2.24) is 5.32 Å². The van der Waals surface area contributed by atoms with Crippen LogP contribution in [-0.2, 0) is 4.79 Å². The van der Waals surface area contributed by atoms with Gasteiger partial charge in [0.1, 0.15) is 0 Å². The molecule has 0 aliphatic heterocycles. The van der Waals surface area contributed by atoms with Crippen LogP contribution in [0.2, 0.25) is 0 Å². The van der Waals surface area contributed by atoms with E-state index < -0.39 is 0 Å². The normalized spacial score (nSPS) is 43.1. The number of carbonyl (C=O) groups excluding carboxylic acids is 1. The Morgan fingerprint density at radius 2 is 1.94 bits per heavy atom. The van der Waals surface area contributed by atoms with Crippen LogP contribution in [0.25, 0.3) is 0 Å². The highest BCUT2D eigenvalue weighted by Gasteiger charge is 2.43. The molecule has 0 heterocycles. The van der Waals surface area contributed by atoms with Gasteiger partial charge in [0.15, 0.2) is 0 Å². The SMILES string of the molecule is NC1CCCCC1CNC(=O)C1CC2CCC1C2. The molecule has 18 heavy (non-hydrogen) atoms. The summed E-state index contributed by atoms with van der Waals surface area (Å²) in [6, 6.07) is 0.305. The molecule has 3 aliphatic rings. The second kappa shape index (κ2) is 5.20. The van der Waals surface area contributed by atoms with Crippen molar-refractivity contribution in [3.05, 3.63) is 0 Å². The van der Waals surface area contributed by atoms with Crippen LogP contribution in [-0.4, -0.2) is 18.5 Å². The van der Waals surface area contributed by atoms with E-state index in [9.17, 15) is 4.79 Å². The lowest BCUT2D eigenvalue weighted by Crippen LogP contribution is -2.43. The lowest BCUT2D eigenvalue weighted by Gasteiger charge is -2.29. The second-order valence-corrected chi connectivity index (χ2v) is 6.73. The number of amides is 1. The molecule has 3 N–H and O–H groups in total.